The number of nitrogens with zero attached hydrogens (tertiary/aromatic N) is 4. The van der Waals surface area contributed by atoms with Crippen LogP contribution in [0.2, 0.25) is 0 Å². The number of hydrogen-bond acceptors (Lipinski definition) is 2. The highest BCUT2D eigenvalue weighted by molar-refractivity contribution is 6.09. The van der Waals surface area contributed by atoms with Crippen LogP contribution in [0, 0.1) is 0 Å². The Bertz CT molecular complexity index is 3370. The molecule has 8 aromatic carbocycles. The number of fused-ring (bicyclic) bond motifs is 4. The van der Waals surface area contributed by atoms with Crippen LogP contribution < -0.4 is 13.9 Å². The molecule has 11 rings (SSSR count). The standard InChI is InChI=1S/C58H44N4O/c1-58(2,3)42-34-35-59-55(36-42)62-52-30-14-13-26-49(52)50-33-32-46(38-54(50)62)63-45-25-15-24-44(37-45)60-39-61(43-22-11-6-12-23-43)57-51(29-17-31-53(57)60)56-47(40-18-7-4-8-19-40)27-16-28-48(56)41-20-9-5-10-21-41/h4-38H,1-3H3/q+2. The molecule has 0 atom stereocenters. The van der Waals surface area contributed by atoms with Crippen molar-refractivity contribution in [2.75, 3.05) is 0 Å². The van der Waals surface area contributed by atoms with Crippen molar-refractivity contribution in [1.29, 1.82) is 0 Å². The Labute approximate surface area is 367 Å². The van der Waals surface area contributed by atoms with Gasteiger partial charge in [0.15, 0.2) is 0 Å². The first-order valence-corrected chi connectivity index (χ1v) is 21.5. The predicted octanol–water partition coefficient (Wildman–Crippen LogP) is 15.1. The van der Waals surface area contributed by atoms with E-state index in [9.17, 15) is 0 Å². The Hall–Kier alpha value is -8.11. The summed E-state index contributed by atoms with van der Waals surface area (Å²) < 4.78 is 13.4. The molecule has 0 N–H and O–H groups in total. The van der Waals surface area contributed by atoms with E-state index < -0.39 is 0 Å². The molecule has 0 aliphatic carbocycles. The number of hydrogen-bond donors (Lipinski definition) is 0. The third-order valence-electron chi connectivity index (χ3n) is 12.0. The summed E-state index contributed by atoms with van der Waals surface area (Å²) >= 11 is 0. The molecule has 0 spiro atoms. The zero-order valence-electron chi connectivity index (χ0n) is 35.4. The van der Waals surface area contributed by atoms with Crippen LogP contribution >= 0.6 is 0 Å². The number of pyridine rings is 1. The van der Waals surface area contributed by atoms with Gasteiger partial charge < -0.3 is 4.74 Å². The van der Waals surface area contributed by atoms with Crippen molar-refractivity contribution in [2.45, 2.75) is 26.2 Å². The van der Waals surface area contributed by atoms with Gasteiger partial charge in [0.25, 0.3) is 5.69 Å². The SMILES string of the molecule is CC(C)(C)c1ccnc(-n2c3ccccc3c3ccc(Oc4cccc([N+]5=C=[N+](c6ccccc6)c6c(-c7c(-c8ccccc8)cccc7-c7ccccc7)cccc65)c4)cc32)c1. The minimum atomic E-state index is -0.0160. The molecule has 0 bridgehead atoms. The maximum Gasteiger partial charge on any atom is 0.503 e. The van der Waals surface area contributed by atoms with E-state index in [0.29, 0.717) is 0 Å². The molecule has 0 radical (unpaired) electrons. The summed E-state index contributed by atoms with van der Waals surface area (Å²) in [5.74, 6) is 2.35. The fraction of sp³-hybridized carbons (Fsp3) is 0.0690. The summed E-state index contributed by atoms with van der Waals surface area (Å²) in [6.45, 7) is 6.71. The number of benzene rings is 8. The van der Waals surface area contributed by atoms with Crippen LogP contribution in [0.25, 0.3) is 61.0 Å². The minimum absolute atomic E-state index is 0.0160. The van der Waals surface area contributed by atoms with Gasteiger partial charge in [-0.1, -0.05) is 148 Å². The van der Waals surface area contributed by atoms with Crippen LogP contribution in [0.5, 0.6) is 11.5 Å². The van der Waals surface area contributed by atoms with Crippen molar-refractivity contribution >= 4 is 50.6 Å². The molecule has 0 amide bonds. The van der Waals surface area contributed by atoms with Crippen LogP contribution in [-0.4, -0.2) is 15.6 Å². The van der Waals surface area contributed by atoms with Crippen LogP contribution in [0.4, 0.5) is 22.7 Å². The fourth-order valence-electron chi connectivity index (χ4n) is 8.96. The molecule has 10 aromatic rings. The van der Waals surface area contributed by atoms with Gasteiger partial charge in [-0.25, -0.2) is 4.98 Å². The summed E-state index contributed by atoms with van der Waals surface area (Å²) in [5, 5.41) is 2.32. The monoisotopic (exact) mass is 812 g/mol. The zero-order chi connectivity index (χ0) is 42.5. The van der Waals surface area contributed by atoms with Crippen molar-refractivity contribution in [2.24, 2.45) is 0 Å². The number of ether oxygens (including phenoxy) is 1. The van der Waals surface area contributed by atoms with E-state index in [-0.39, 0.29) is 5.41 Å². The third-order valence-corrected chi connectivity index (χ3v) is 12.0. The van der Waals surface area contributed by atoms with E-state index in [1.165, 1.54) is 27.6 Å². The Morgan fingerprint density at radius 3 is 1.83 bits per heavy atom. The summed E-state index contributed by atoms with van der Waals surface area (Å²) in [7, 11) is 0. The van der Waals surface area contributed by atoms with Gasteiger partial charge in [0, 0.05) is 52.9 Å². The topological polar surface area (TPSA) is 33.1 Å². The van der Waals surface area contributed by atoms with Crippen LogP contribution in [0.15, 0.2) is 212 Å². The Balaban J connectivity index is 1.04. The predicted molar refractivity (Wildman–Crippen MR) is 261 cm³/mol. The molecule has 0 unspecified atom stereocenters. The van der Waals surface area contributed by atoms with E-state index in [0.717, 1.165) is 73.2 Å². The second-order valence-corrected chi connectivity index (χ2v) is 17.0. The zero-order valence-corrected chi connectivity index (χ0v) is 35.4. The highest BCUT2D eigenvalue weighted by Gasteiger charge is 2.40. The average molecular weight is 813 g/mol. The molecular formula is C58H44N4O+2. The molecule has 3 heterocycles. The van der Waals surface area contributed by atoms with Crippen LogP contribution in [0.3, 0.4) is 0 Å². The molecule has 0 saturated heterocycles. The maximum absolute atomic E-state index is 6.77. The first kappa shape index (κ1) is 37.9. The van der Waals surface area contributed by atoms with Crippen molar-refractivity contribution in [1.82, 2.24) is 18.7 Å². The lowest BCUT2D eigenvalue weighted by atomic mass is 9.86. The van der Waals surface area contributed by atoms with Gasteiger partial charge in [0.05, 0.1) is 22.7 Å². The van der Waals surface area contributed by atoms with Gasteiger partial charge >= 0.3 is 11.7 Å². The van der Waals surface area contributed by atoms with Gasteiger partial charge in [0.2, 0.25) is 11.4 Å². The second kappa shape index (κ2) is 15.4. The van der Waals surface area contributed by atoms with Gasteiger partial charge in [-0.2, -0.15) is 0 Å². The van der Waals surface area contributed by atoms with E-state index in [1.807, 2.05) is 12.3 Å². The number of rotatable bonds is 8. The largest absolute Gasteiger partial charge is 0.503 e. The fourth-order valence-corrected chi connectivity index (χ4v) is 8.96. The van der Waals surface area contributed by atoms with Crippen molar-refractivity contribution in [3.63, 3.8) is 0 Å². The normalized spacial score (nSPS) is 12.3. The molecule has 1 aliphatic rings. The van der Waals surface area contributed by atoms with Crippen LogP contribution in [-0.2, 0) is 5.41 Å². The lowest BCUT2D eigenvalue weighted by molar-refractivity contribution is 0.483. The van der Waals surface area contributed by atoms with Crippen molar-refractivity contribution in [3.8, 4) is 50.7 Å². The molecule has 300 valence electrons. The number of aromatic nitrogens is 2. The van der Waals surface area contributed by atoms with E-state index in [4.69, 9.17) is 9.72 Å². The summed E-state index contributed by atoms with van der Waals surface area (Å²) in [6, 6.07) is 76.4. The summed E-state index contributed by atoms with van der Waals surface area (Å²) in [4.78, 5) is 4.88. The van der Waals surface area contributed by atoms with Gasteiger partial charge in [-0.3, -0.25) is 4.57 Å². The average Bonchev–Trinajstić information content (AvgIpc) is 3.88. The van der Waals surface area contributed by atoms with Crippen LogP contribution in [0.1, 0.15) is 26.3 Å². The minimum Gasteiger partial charge on any atom is -0.457 e. The smallest absolute Gasteiger partial charge is 0.457 e. The van der Waals surface area contributed by atoms with E-state index in [1.54, 1.807) is 0 Å². The lowest BCUT2D eigenvalue weighted by Crippen LogP contribution is -2.12. The molecular weight excluding hydrogens is 769 g/mol. The van der Waals surface area contributed by atoms with E-state index in [2.05, 4.69) is 241 Å². The molecule has 1 aliphatic heterocycles. The first-order valence-electron chi connectivity index (χ1n) is 21.5. The van der Waals surface area contributed by atoms with Crippen molar-refractivity contribution in [3.05, 3.63) is 218 Å². The molecule has 5 heteroatoms. The summed E-state index contributed by atoms with van der Waals surface area (Å²) in [6.07, 6.45) is 1.92. The quantitative estimate of drug-likeness (QED) is 0.143. The van der Waals surface area contributed by atoms with Gasteiger partial charge in [-0.05, 0) is 84.8 Å². The Morgan fingerprint density at radius 2 is 1.10 bits per heavy atom. The third kappa shape index (κ3) is 6.82. The maximum atomic E-state index is 6.77. The molecule has 5 nitrogen and oxygen atoms in total. The molecule has 63 heavy (non-hydrogen) atoms. The highest BCUT2D eigenvalue weighted by Crippen LogP contribution is 2.49. The molecule has 0 fully saturated rings. The highest BCUT2D eigenvalue weighted by atomic mass is 16.5. The summed E-state index contributed by atoms with van der Waals surface area (Å²) in [5.41, 5.74) is 14.3. The van der Waals surface area contributed by atoms with Crippen molar-refractivity contribution < 1.29 is 4.74 Å². The molecule has 2 aromatic heterocycles. The first-order chi connectivity index (χ1) is 30.9. The van der Waals surface area contributed by atoms with E-state index >= 15 is 0 Å². The number of para-hydroxylation sites is 3. The van der Waals surface area contributed by atoms with Gasteiger partial charge in [0.1, 0.15) is 17.3 Å². The Kier molecular flexibility index (Phi) is 9.26. The van der Waals surface area contributed by atoms with Gasteiger partial charge in [-0.15, -0.1) is 0 Å². The Morgan fingerprint density at radius 1 is 0.492 bits per heavy atom. The second-order valence-electron chi connectivity index (χ2n) is 17.0. The molecule has 0 saturated carbocycles. The lowest BCUT2D eigenvalue weighted by Gasteiger charge is -2.20.